The first-order valence-electron chi connectivity index (χ1n) is 9.60. The fourth-order valence-electron chi connectivity index (χ4n) is 3.86. The van der Waals surface area contributed by atoms with Crippen LogP contribution in [0.5, 0.6) is 11.5 Å². The van der Waals surface area contributed by atoms with E-state index in [0.29, 0.717) is 12.2 Å². The van der Waals surface area contributed by atoms with Crippen molar-refractivity contribution in [1.82, 2.24) is 0 Å². The standard InChI is InChI=1S/C22H24O7S/c1-28-16-9-15(24)14(22-21(27)20(26)19(25)17(10-23)29-22)8-12(16)7-13-6-11-4-2-3-5-18(11)30-13/h2-6,8-9,17,19-27H,7,10H2,1H3/t17-,19-,20+,21-,22+/m1/s1. The molecular weight excluding hydrogens is 408 g/mol. The van der Waals surface area contributed by atoms with Crippen molar-refractivity contribution < 1.29 is 35.0 Å². The molecule has 2 aromatic carbocycles. The lowest BCUT2D eigenvalue weighted by Gasteiger charge is -2.40. The van der Waals surface area contributed by atoms with Crippen molar-refractivity contribution in [3.05, 3.63) is 58.5 Å². The molecular formula is C22H24O7S. The molecule has 0 spiro atoms. The predicted octanol–water partition coefficient (Wildman–Crippen LogP) is 1.72. The molecule has 0 aliphatic carbocycles. The van der Waals surface area contributed by atoms with E-state index in [-0.39, 0.29) is 11.3 Å². The Labute approximate surface area is 177 Å². The Morgan fingerprint density at radius 3 is 2.50 bits per heavy atom. The summed E-state index contributed by atoms with van der Waals surface area (Å²) < 4.78 is 12.2. The first-order chi connectivity index (χ1) is 14.4. The van der Waals surface area contributed by atoms with Gasteiger partial charge in [0.2, 0.25) is 0 Å². The van der Waals surface area contributed by atoms with Crippen LogP contribution in [0.1, 0.15) is 22.1 Å². The van der Waals surface area contributed by atoms with Gasteiger partial charge in [-0.1, -0.05) is 18.2 Å². The van der Waals surface area contributed by atoms with Crippen molar-refractivity contribution in [1.29, 1.82) is 0 Å². The lowest BCUT2D eigenvalue weighted by molar-refractivity contribution is -0.232. The molecule has 1 saturated heterocycles. The number of benzene rings is 2. The van der Waals surface area contributed by atoms with Gasteiger partial charge < -0.3 is 35.0 Å². The van der Waals surface area contributed by atoms with Crippen molar-refractivity contribution in [3.8, 4) is 11.5 Å². The molecule has 1 aliphatic rings. The molecule has 5 atom stereocenters. The zero-order valence-electron chi connectivity index (χ0n) is 16.3. The maximum Gasteiger partial charge on any atom is 0.126 e. The number of phenolic OH excluding ortho intramolecular Hbond substituents is 1. The first kappa shape index (κ1) is 21.0. The number of aliphatic hydroxyl groups is 4. The number of ether oxygens (including phenoxy) is 2. The van der Waals surface area contributed by atoms with E-state index in [4.69, 9.17) is 9.47 Å². The van der Waals surface area contributed by atoms with E-state index in [1.807, 2.05) is 18.2 Å². The summed E-state index contributed by atoms with van der Waals surface area (Å²) in [7, 11) is 1.51. The summed E-state index contributed by atoms with van der Waals surface area (Å²) in [5.74, 6) is 0.314. The number of aliphatic hydroxyl groups excluding tert-OH is 4. The summed E-state index contributed by atoms with van der Waals surface area (Å²) in [5, 5.41) is 51.7. The Morgan fingerprint density at radius 1 is 1.03 bits per heavy atom. The highest BCUT2D eigenvalue weighted by Gasteiger charge is 2.44. The van der Waals surface area contributed by atoms with Crippen molar-refractivity contribution in [2.24, 2.45) is 0 Å². The average Bonchev–Trinajstić information content (AvgIpc) is 3.16. The number of hydrogen-bond acceptors (Lipinski definition) is 8. The molecule has 8 heteroatoms. The third kappa shape index (κ3) is 3.78. The molecule has 2 heterocycles. The van der Waals surface area contributed by atoms with Crippen molar-refractivity contribution in [2.75, 3.05) is 13.7 Å². The zero-order valence-corrected chi connectivity index (χ0v) is 17.1. The van der Waals surface area contributed by atoms with Gasteiger partial charge in [0.05, 0.1) is 13.7 Å². The quantitative estimate of drug-likeness (QED) is 0.416. The molecule has 5 N–H and O–H groups in total. The number of methoxy groups -OCH3 is 1. The van der Waals surface area contributed by atoms with Crippen LogP contribution in [-0.2, 0) is 11.2 Å². The van der Waals surface area contributed by atoms with Crippen LogP contribution in [0.15, 0.2) is 42.5 Å². The van der Waals surface area contributed by atoms with E-state index in [2.05, 4.69) is 12.1 Å². The molecule has 3 aromatic rings. The van der Waals surface area contributed by atoms with E-state index >= 15 is 0 Å². The predicted molar refractivity (Wildman–Crippen MR) is 112 cm³/mol. The second-order valence-corrected chi connectivity index (χ2v) is 8.57. The number of fused-ring (bicyclic) bond motifs is 1. The number of rotatable bonds is 5. The van der Waals surface area contributed by atoms with Crippen LogP contribution in [0.4, 0.5) is 0 Å². The van der Waals surface area contributed by atoms with Gasteiger partial charge in [-0.3, -0.25) is 0 Å². The summed E-state index contributed by atoms with van der Waals surface area (Å²) >= 11 is 1.66. The number of aromatic hydroxyl groups is 1. The van der Waals surface area contributed by atoms with Gasteiger partial charge in [0, 0.05) is 27.6 Å². The van der Waals surface area contributed by atoms with E-state index in [1.54, 1.807) is 17.4 Å². The van der Waals surface area contributed by atoms with Crippen molar-refractivity contribution >= 4 is 21.4 Å². The molecule has 30 heavy (non-hydrogen) atoms. The monoisotopic (exact) mass is 432 g/mol. The van der Waals surface area contributed by atoms with E-state index in [9.17, 15) is 25.5 Å². The van der Waals surface area contributed by atoms with Gasteiger partial charge in [-0.15, -0.1) is 11.3 Å². The van der Waals surface area contributed by atoms with Crippen molar-refractivity contribution in [3.63, 3.8) is 0 Å². The zero-order chi connectivity index (χ0) is 21.4. The fourth-order valence-corrected chi connectivity index (χ4v) is 4.95. The van der Waals surface area contributed by atoms with Gasteiger partial charge in [-0.05, 0) is 29.1 Å². The number of hydrogen-bond donors (Lipinski definition) is 5. The van der Waals surface area contributed by atoms with Gasteiger partial charge >= 0.3 is 0 Å². The van der Waals surface area contributed by atoms with Crippen LogP contribution in [-0.4, -0.2) is 63.7 Å². The van der Waals surface area contributed by atoms with Crippen molar-refractivity contribution in [2.45, 2.75) is 36.9 Å². The summed E-state index contributed by atoms with van der Waals surface area (Å²) in [4.78, 5) is 1.10. The summed E-state index contributed by atoms with van der Waals surface area (Å²) in [5.41, 5.74) is 1.03. The second-order valence-electron chi connectivity index (χ2n) is 7.40. The van der Waals surface area contributed by atoms with Gasteiger partial charge in [0.1, 0.15) is 42.0 Å². The van der Waals surface area contributed by atoms with E-state index in [1.165, 1.54) is 17.9 Å². The van der Waals surface area contributed by atoms with Crippen LogP contribution in [0.25, 0.3) is 10.1 Å². The summed E-state index contributed by atoms with van der Waals surface area (Å²) in [6, 6.07) is 13.3. The maximum atomic E-state index is 10.5. The Morgan fingerprint density at radius 2 is 1.80 bits per heavy atom. The molecule has 1 fully saturated rings. The highest BCUT2D eigenvalue weighted by atomic mass is 32.1. The SMILES string of the molecule is COc1cc(O)c([C@@H]2O[C@H](CO)[C@@H](O)[C@H](O)[C@H]2O)cc1Cc1cc2ccccc2s1. The molecule has 0 radical (unpaired) electrons. The third-order valence-electron chi connectivity index (χ3n) is 5.47. The van der Waals surface area contributed by atoms with Crippen LogP contribution in [0.2, 0.25) is 0 Å². The summed E-state index contributed by atoms with van der Waals surface area (Å²) in [6.45, 7) is -0.535. The molecule has 0 amide bonds. The largest absolute Gasteiger partial charge is 0.507 e. The molecule has 4 rings (SSSR count). The molecule has 160 valence electrons. The Bertz CT molecular complexity index is 998. The molecule has 0 saturated carbocycles. The smallest absolute Gasteiger partial charge is 0.126 e. The third-order valence-corrected chi connectivity index (χ3v) is 6.59. The number of thiophene rings is 1. The van der Waals surface area contributed by atoms with Gasteiger partial charge in [0.15, 0.2) is 0 Å². The minimum absolute atomic E-state index is 0.170. The van der Waals surface area contributed by atoms with E-state index < -0.39 is 37.1 Å². The lowest BCUT2D eigenvalue weighted by Crippen LogP contribution is -2.55. The fraction of sp³-hybridized carbons (Fsp3) is 0.364. The molecule has 7 nitrogen and oxygen atoms in total. The van der Waals surface area contributed by atoms with Crippen LogP contribution in [0.3, 0.4) is 0 Å². The Balaban J connectivity index is 1.71. The average molecular weight is 432 g/mol. The number of phenols is 1. The minimum Gasteiger partial charge on any atom is -0.507 e. The van der Waals surface area contributed by atoms with Crippen LogP contribution < -0.4 is 4.74 Å². The highest BCUT2D eigenvalue weighted by Crippen LogP contribution is 2.40. The Hall–Kier alpha value is -2.20. The minimum atomic E-state index is -1.52. The molecule has 0 unspecified atom stereocenters. The topological polar surface area (TPSA) is 120 Å². The van der Waals surface area contributed by atoms with Gasteiger partial charge in [-0.25, -0.2) is 0 Å². The normalized spacial score (nSPS) is 26.8. The Kier molecular flexibility index (Phi) is 5.97. The molecule has 0 bridgehead atoms. The van der Waals surface area contributed by atoms with E-state index in [0.717, 1.165) is 15.8 Å². The molecule has 1 aromatic heterocycles. The summed E-state index contributed by atoms with van der Waals surface area (Å²) in [6.07, 6.45) is -6.09. The van der Waals surface area contributed by atoms with Crippen LogP contribution >= 0.6 is 11.3 Å². The second kappa shape index (κ2) is 8.50. The van der Waals surface area contributed by atoms with Crippen LogP contribution in [0, 0.1) is 0 Å². The first-order valence-corrected chi connectivity index (χ1v) is 10.4. The highest BCUT2D eigenvalue weighted by molar-refractivity contribution is 7.19. The van der Waals surface area contributed by atoms with Gasteiger partial charge in [0.25, 0.3) is 0 Å². The van der Waals surface area contributed by atoms with Gasteiger partial charge in [-0.2, -0.15) is 0 Å². The maximum absolute atomic E-state index is 10.5. The molecule has 1 aliphatic heterocycles. The lowest BCUT2D eigenvalue weighted by atomic mass is 9.89.